The van der Waals surface area contributed by atoms with Crippen LogP contribution in [-0.4, -0.2) is 23.6 Å². The van der Waals surface area contributed by atoms with Gasteiger partial charge in [0.1, 0.15) is 16.7 Å². The van der Waals surface area contributed by atoms with E-state index in [1.165, 1.54) is 4.90 Å². The molecule has 1 saturated heterocycles. The van der Waals surface area contributed by atoms with Crippen molar-refractivity contribution in [2.75, 3.05) is 11.4 Å². The van der Waals surface area contributed by atoms with Gasteiger partial charge in [-0.15, -0.1) is 0 Å². The highest BCUT2D eigenvalue weighted by molar-refractivity contribution is 8.05. The fourth-order valence-corrected chi connectivity index (χ4v) is 5.58. The average Bonchev–Trinajstić information content (AvgIpc) is 3.18. The van der Waals surface area contributed by atoms with E-state index in [9.17, 15) is 14.9 Å². The number of rotatable bonds is 7. The Kier molecular flexibility index (Phi) is 8.60. The van der Waals surface area contributed by atoms with Gasteiger partial charge in [0.25, 0.3) is 5.91 Å². The van der Waals surface area contributed by atoms with Crippen molar-refractivity contribution in [1.29, 1.82) is 5.26 Å². The number of benzene rings is 3. The summed E-state index contributed by atoms with van der Waals surface area (Å²) in [6, 6.07) is 23.5. The van der Waals surface area contributed by atoms with E-state index in [2.05, 4.69) is 5.32 Å². The summed E-state index contributed by atoms with van der Waals surface area (Å²) in [4.78, 5) is 28.0. The summed E-state index contributed by atoms with van der Waals surface area (Å²) >= 11 is 19.7. The predicted octanol–water partition coefficient (Wildman–Crippen LogP) is 6.43. The minimum Gasteiger partial charge on any atom is -0.351 e. The van der Waals surface area contributed by atoms with Crippen LogP contribution in [0.3, 0.4) is 0 Å². The standard InChI is InChI=1S/C27H20Cl3N3O2S/c28-19-6-9-21(10-7-19)33-26(35)24(15-18-14-20(29)8-11-23(18)30)36-27(33)22(16-31)25(34)32-13-12-17-4-2-1-3-5-17/h1-11,14,24H,12-13,15H2,(H,32,34)/b27-22-/t24-/m1/s1. The van der Waals surface area contributed by atoms with E-state index in [0.717, 1.165) is 17.3 Å². The number of nitriles is 1. The second kappa shape index (κ2) is 11.9. The topological polar surface area (TPSA) is 73.2 Å². The van der Waals surface area contributed by atoms with Crippen LogP contribution < -0.4 is 10.2 Å². The van der Waals surface area contributed by atoms with Crippen LogP contribution in [0.5, 0.6) is 0 Å². The summed E-state index contributed by atoms with van der Waals surface area (Å²) in [6.45, 7) is 0.350. The summed E-state index contributed by atoms with van der Waals surface area (Å²) in [6.07, 6.45) is 0.897. The van der Waals surface area contributed by atoms with Gasteiger partial charge in [0.2, 0.25) is 5.91 Å². The van der Waals surface area contributed by atoms with E-state index < -0.39 is 11.2 Å². The summed E-state index contributed by atoms with van der Waals surface area (Å²) < 4.78 is 0. The summed E-state index contributed by atoms with van der Waals surface area (Å²) in [7, 11) is 0. The molecule has 1 aliphatic rings. The lowest BCUT2D eigenvalue weighted by molar-refractivity contribution is -0.117. The van der Waals surface area contributed by atoms with Crippen LogP contribution >= 0.6 is 46.6 Å². The van der Waals surface area contributed by atoms with Crippen LogP contribution in [0.4, 0.5) is 5.69 Å². The Morgan fingerprint density at radius 3 is 2.39 bits per heavy atom. The fourth-order valence-electron chi connectivity index (χ4n) is 3.76. The average molecular weight is 557 g/mol. The number of hydrogen-bond acceptors (Lipinski definition) is 4. The molecule has 0 aliphatic carbocycles. The Hall–Kier alpha value is -2.95. The molecular weight excluding hydrogens is 537 g/mol. The van der Waals surface area contributed by atoms with Crippen molar-refractivity contribution in [2.24, 2.45) is 0 Å². The van der Waals surface area contributed by atoms with E-state index in [1.807, 2.05) is 36.4 Å². The lowest BCUT2D eigenvalue weighted by Crippen LogP contribution is -2.32. The van der Waals surface area contributed by atoms with E-state index >= 15 is 0 Å². The molecule has 1 N–H and O–H groups in total. The molecule has 3 aromatic rings. The molecule has 9 heteroatoms. The van der Waals surface area contributed by atoms with Crippen molar-refractivity contribution in [3.63, 3.8) is 0 Å². The third-order valence-electron chi connectivity index (χ3n) is 5.55. The van der Waals surface area contributed by atoms with Crippen molar-refractivity contribution in [3.8, 4) is 6.07 Å². The Balaban J connectivity index is 1.64. The zero-order valence-corrected chi connectivity index (χ0v) is 22.0. The number of carbonyl (C=O) groups excluding carboxylic acids is 2. The van der Waals surface area contributed by atoms with Crippen molar-refractivity contribution >= 4 is 64.1 Å². The third-order valence-corrected chi connectivity index (χ3v) is 7.66. The number of anilines is 1. The lowest BCUT2D eigenvalue weighted by atomic mass is 10.1. The highest BCUT2D eigenvalue weighted by atomic mass is 35.5. The van der Waals surface area contributed by atoms with Crippen molar-refractivity contribution in [1.82, 2.24) is 5.32 Å². The SMILES string of the molecule is N#C/C(C(=O)NCCc1ccccc1)=C1/S[C@H](Cc2cc(Cl)ccc2Cl)C(=O)N1c1ccc(Cl)cc1. The molecule has 0 radical (unpaired) electrons. The normalized spacial score (nSPS) is 16.6. The van der Waals surface area contributed by atoms with Crippen molar-refractivity contribution < 1.29 is 9.59 Å². The number of thioether (sulfide) groups is 1. The molecule has 2 amide bonds. The van der Waals surface area contributed by atoms with E-state index in [4.69, 9.17) is 34.8 Å². The van der Waals surface area contributed by atoms with Crippen LogP contribution in [0.2, 0.25) is 15.1 Å². The zero-order valence-electron chi connectivity index (χ0n) is 18.9. The smallest absolute Gasteiger partial charge is 0.264 e. The van der Waals surface area contributed by atoms with Crippen LogP contribution in [0, 0.1) is 11.3 Å². The highest BCUT2D eigenvalue weighted by Crippen LogP contribution is 2.42. The molecule has 36 heavy (non-hydrogen) atoms. The van der Waals surface area contributed by atoms with Crippen molar-refractivity contribution in [3.05, 3.63) is 110 Å². The van der Waals surface area contributed by atoms with Gasteiger partial charge in [0.15, 0.2) is 0 Å². The summed E-state index contributed by atoms with van der Waals surface area (Å²) in [5.41, 5.74) is 2.15. The van der Waals surface area contributed by atoms with Crippen LogP contribution in [0.15, 0.2) is 83.4 Å². The molecule has 0 saturated carbocycles. The van der Waals surface area contributed by atoms with E-state index in [0.29, 0.717) is 39.3 Å². The monoisotopic (exact) mass is 555 g/mol. The highest BCUT2D eigenvalue weighted by Gasteiger charge is 2.41. The quantitative estimate of drug-likeness (QED) is 0.269. The van der Waals surface area contributed by atoms with Gasteiger partial charge in [-0.1, -0.05) is 76.9 Å². The molecule has 1 atom stereocenters. The Morgan fingerprint density at radius 1 is 1.00 bits per heavy atom. The number of amides is 2. The van der Waals surface area contributed by atoms with Gasteiger partial charge in [-0.05, 0) is 66.4 Å². The molecular formula is C27H20Cl3N3O2S. The number of carbonyl (C=O) groups is 2. The van der Waals surface area contributed by atoms with Crippen LogP contribution in [-0.2, 0) is 22.4 Å². The van der Waals surface area contributed by atoms with E-state index in [1.54, 1.807) is 42.5 Å². The molecule has 0 aromatic heterocycles. The first-order chi connectivity index (χ1) is 17.4. The van der Waals surface area contributed by atoms with Gasteiger partial charge in [-0.2, -0.15) is 5.26 Å². The number of nitrogens with one attached hydrogen (secondary N) is 1. The second-order valence-corrected chi connectivity index (χ2v) is 10.5. The van der Waals surface area contributed by atoms with Crippen LogP contribution in [0.25, 0.3) is 0 Å². The molecule has 1 heterocycles. The summed E-state index contributed by atoms with van der Waals surface area (Å²) in [5, 5.41) is 13.9. The van der Waals surface area contributed by atoms with Crippen molar-refractivity contribution in [2.45, 2.75) is 18.1 Å². The molecule has 0 spiro atoms. The maximum atomic E-state index is 13.6. The molecule has 4 rings (SSSR count). The predicted molar refractivity (Wildman–Crippen MR) is 146 cm³/mol. The van der Waals surface area contributed by atoms with Gasteiger partial charge in [0, 0.05) is 27.3 Å². The Labute approximate surface area is 228 Å². The van der Waals surface area contributed by atoms with Gasteiger partial charge in [-0.3, -0.25) is 14.5 Å². The fraction of sp³-hybridized carbons (Fsp3) is 0.148. The summed E-state index contributed by atoms with van der Waals surface area (Å²) in [5.74, 6) is -0.803. The first kappa shape index (κ1) is 26.1. The molecule has 0 unspecified atom stereocenters. The Morgan fingerprint density at radius 2 is 1.69 bits per heavy atom. The maximum absolute atomic E-state index is 13.6. The number of hydrogen-bond donors (Lipinski definition) is 1. The molecule has 1 fully saturated rings. The largest absolute Gasteiger partial charge is 0.351 e. The van der Waals surface area contributed by atoms with Gasteiger partial charge in [0.05, 0.1) is 5.25 Å². The third kappa shape index (κ3) is 6.05. The van der Waals surface area contributed by atoms with Gasteiger partial charge >= 0.3 is 0 Å². The first-order valence-corrected chi connectivity index (χ1v) is 13.1. The Bertz CT molecular complexity index is 1350. The maximum Gasteiger partial charge on any atom is 0.264 e. The zero-order chi connectivity index (χ0) is 25.7. The minimum absolute atomic E-state index is 0.129. The lowest BCUT2D eigenvalue weighted by Gasteiger charge is -2.19. The van der Waals surface area contributed by atoms with Gasteiger partial charge in [-0.25, -0.2) is 0 Å². The number of nitrogens with zero attached hydrogens (tertiary/aromatic N) is 2. The minimum atomic E-state index is -0.605. The number of halogens is 3. The molecule has 182 valence electrons. The molecule has 3 aromatic carbocycles. The second-order valence-electron chi connectivity index (χ2n) is 7.98. The van der Waals surface area contributed by atoms with Gasteiger partial charge < -0.3 is 5.32 Å². The first-order valence-electron chi connectivity index (χ1n) is 11.0. The molecule has 0 bridgehead atoms. The molecule has 1 aliphatic heterocycles. The molecule has 5 nitrogen and oxygen atoms in total. The van der Waals surface area contributed by atoms with E-state index in [-0.39, 0.29) is 22.9 Å². The van der Waals surface area contributed by atoms with Crippen LogP contribution in [0.1, 0.15) is 11.1 Å².